The van der Waals surface area contributed by atoms with Crippen LogP contribution >= 0.6 is 11.3 Å². The minimum atomic E-state index is -4.40. The van der Waals surface area contributed by atoms with Crippen LogP contribution < -0.4 is 10.6 Å². The first kappa shape index (κ1) is 22.4. The Balaban J connectivity index is 1.74. The Bertz CT molecular complexity index is 647. The molecule has 1 aromatic heterocycles. The number of carbonyl (C=O) groups is 1. The highest BCUT2D eigenvalue weighted by molar-refractivity contribution is 7.09. The van der Waals surface area contributed by atoms with Gasteiger partial charge in [0.2, 0.25) is 5.91 Å². The van der Waals surface area contributed by atoms with Crippen molar-refractivity contribution < 1.29 is 18.0 Å². The summed E-state index contributed by atoms with van der Waals surface area (Å²) in [4.78, 5) is 22.0. The van der Waals surface area contributed by atoms with E-state index in [2.05, 4.69) is 20.6 Å². The number of guanidine groups is 1. The molecule has 0 radical (unpaired) electrons. The number of aliphatic imine (C=N–C) groups is 1. The summed E-state index contributed by atoms with van der Waals surface area (Å²) in [6, 6.07) is 0. The summed E-state index contributed by atoms with van der Waals surface area (Å²) in [5.74, 6) is 0.852. The molecular weight excluding hydrogens is 391 g/mol. The van der Waals surface area contributed by atoms with Gasteiger partial charge in [0.1, 0.15) is 0 Å². The number of aromatic nitrogens is 1. The molecule has 0 unspecified atom stereocenters. The maximum Gasteiger partial charge on any atom is 0.434 e. The highest BCUT2D eigenvalue weighted by Crippen LogP contribution is 2.29. The van der Waals surface area contributed by atoms with Crippen LogP contribution in [0.15, 0.2) is 10.4 Å². The predicted molar refractivity (Wildman–Crippen MR) is 104 cm³/mol. The lowest BCUT2D eigenvalue weighted by atomic mass is 10.2. The van der Waals surface area contributed by atoms with Gasteiger partial charge < -0.3 is 15.5 Å². The molecule has 2 N–H and O–H groups in total. The topological polar surface area (TPSA) is 69.6 Å². The number of thiazole rings is 1. The minimum Gasteiger partial charge on any atom is -0.357 e. The number of nitrogens with one attached hydrogen (secondary N) is 2. The summed E-state index contributed by atoms with van der Waals surface area (Å²) in [7, 11) is 0. The summed E-state index contributed by atoms with van der Waals surface area (Å²) in [6.07, 6.45) is 0.570. The predicted octanol–water partition coefficient (Wildman–Crippen LogP) is 3.05. The van der Waals surface area contributed by atoms with Crippen molar-refractivity contribution in [3.8, 4) is 0 Å². The molecule has 28 heavy (non-hydrogen) atoms. The SMILES string of the molecule is CCNC(=NCCCN1CCCCCC1=O)NCCc1nc(C(F)(F)F)cs1. The number of alkyl halides is 3. The number of halogens is 3. The van der Waals surface area contributed by atoms with Crippen molar-refractivity contribution in [3.63, 3.8) is 0 Å². The fourth-order valence-corrected chi connectivity index (χ4v) is 3.72. The number of hydrogen-bond donors (Lipinski definition) is 2. The van der Waals surface area contributed by atoms with Crippen LogP contribution in [0.3, 0.4) is 0 Å². The van der Waals surface area contributed by atoms with E-state index in [1.54, 1.807) is 0 Å². The summed E-state index contributed by atoms with van der Waals surface area (Å²) >= 11 is 1.01. The van der Waals surface area contributed by atoms with Crippen molar-refractivity contribution in [2.24, 2.45) is 4.99 Å². The third-order valence-electron chi connectivity index (χ3n) is 4.35. The molecule has 1 fully saturated rings. The van der Waals surface area contributed by atoms with Gasteiger partial charge in [-0.1, -0.05) is 6.42 Å². The zero-order valence-corrected chi connectivity index (χ0v) is 17.0. The number of hydrogen-bond acceptors (Lipinski definition) is 4. The lowest BCUT2D eigenvalue weighted by Gasteiger charge is -2.20. The highest BCUT2D eigenvalue weighted by Gasteiger charge is 2.33. The first-order chi connectivity index (χ1) is 13.4. The fraction of sp³-hybridized carbons (Fsp3) is 0.722. The van der Waals surface area contributed by atoms with Crippen molar-refractivity contribution in [2.75, 3.05) is 32.7 Å². The Kier molecular flexibility index (Phi) is 9.01. The average molecular weight is 420 g/mol. The second kappa shape index (κ2) is 11.2. The third kappa shape index (κ3) is 7.65. The molecule has 0 spiro atoms. The molecule has 0 bridgehead atoms. The van der Waals surface area contributed by atoms with E-state index in [1.807, 2.05) is 11.8 Å². The van der Waals surface area contributed by atoms with Crippen LogP contribution in [-0.4, -0.2) is 54.5 Å². The zero-order chi connectivity index (χ0) is 20.4. The molecule has 0 aliphatic carbocycles. The van der Waals surface area contributed by atoms with Gasteiger partial charge in [0, 0.05) is 50.9 Å². The van der Waals surface area contributed by atoms with E-state index in [1.165, 1.54) is 0 Å². The number of rotatable bonds is 8. The molecule has 1 aromatic rings. The summed E-state index contributed by atoms with van der Waals surface area (Å²) in [5, 5.41) is 7.72. The van der Waals surface area contributed by atoms with Gasteiger partial charge in [-0.05, 0) is 26.2 Å². The number of amides is 1. The molecule has 1 aliphatic rings. The number of nitrogens with zero attached hydrogens (tertiary/aromatic N) is 3. The first-order valence-electron chi connectivity index (χ1n) is 9.71. The van der Waals surface area contributed by atoms with Crippen LogP contribution in [0.2, 0.25) is 0 Å². The van der Waals surface area contributed by atoms with E-state index < -0.39 is 11.9 Å². The Labute approximate surface area is 167 Å². The molecule has 1 saturated heterocycles. The molecular formula is C18H28F3N5OS. The summed E-state index contributed by atoms with van der Waals surface area (Å²) in [6.45, 7) is 5.20. The van der Waals surface area contributed by atoms with Crippen molar-refractivity contribution in [1.29, 1.82) is 0 Å². The number of likely N-dealkylation sites (tertiary alicyclic amines) is 1. The van der Waals surface area contributed by atoms with Crippen molar-refractivity contribution in [2.45, 2.75) is 51.6 Å². The molecule has 1 aliphatic heterocycles. The molecule has 2 heterocycles. The molecule has 0 atom stereocenters. The van der Waals surface area contributed by atoms with Gasteiger partial charge in [-0.3, -0.25) is 9.79 Å². The van der Waals surface area contributed by atoms with Crippen molar-refractivity contribution in [3.05, 3.63) is 16.1 Å². The van der Waals surface area contributed by atoms with Gasteiger partial charge >= 0.3 is 6.18 Å². The van der Waals surface area contributed by atoms with Crippen LogP contribution in [0.4, 0.5) is 13.2 Å². The maximum atomic E-state index is 12.6. The molecule has 0 aromatic carbocycles. The quantitative estimate of drug-likeness (QED) is 0.386. The molecule has 1 amide bonds. The lowest BCUT2D eigenvalue weighted by molar-refractivity contribution is -0.140. The van der Waals surface area contributed by atoms with Gasteiger partial charge in [0.15, 0.2) is 11.7 Å². The normalized spacial score (nSPS) is 16.2. The second-order valence-electron chi connectivity index (χ2n) is 6.61. The lowest BCUT2D eigenvalue weighted by Crippen LogP contribution is -2.38. The van der Waals surface area contributed by atoms with E-state index in [-0.39, 0.29) is 5.91 Å². The van der Waals surface area contributed by atoms with Gasteiger partial charge in [-0.15, -0.1) is 11.3 Å². The van der Waals surface area contributed by atoms with E-state index in [0.717, 1.165) is 48.9 Å². The Morgan fingerprint density at radius 1 is 1.32 bits per heavy atom. The van der Waals surface area contributed by atoms with Crippen LogP contribution in [0, 0.1) is 0 Å². The highest BCUT2D eigenvalue weighted by atomic mass is 32.1. The zero-order valence-electron chi connectivity index (χ0n) is 16.1. The Morgan fingerprint density at radius 2 is 2.14 bits per heavy atom. The summed E-state index contributed by atoms with van der Waals surface area (Å²) in [5.41, 5.74) is -0.837. The monoisotopic (exact) mass is 419 g/mol. The smallest absolute Gasteiger partial charge is 0.357 e. The molecule has 2 rings (SSSR count). The van der Waals surface area contributed by atoms with Gasteiger partial charge in [-0.2, -0.15) is 13.2 Å². The largest absolute Gasteiger partial charge is 0.434 e. The Hall–Kier alpha value is -1.84. The van der Waals surface area contributed by atoms with Crippen LogP contribution in [0.5, 0.6) is 0 Å². The maximum absolute atomic E-state index is 12.6. The average Bonchev–Trinajstić information content (AvgIpc) is 3.03. The van der Waals surface area contributed by atoms with Crippen molar-refractivity contribution >= 4 is 23.2 Å². The molecule has 6 nitrogen and oxygen atoms in total. The second-order valence-corrected chi connectivity index (χ2v) is 7.55. The fourth-order valence-electron chi connectivity index (χ4n) is 2.91. The van der Waals surface area contributed by atoms with E-state index >= 15 is 0 Å². The van der Waals surface area contributed by atoms with Crippen molar-refractivity contribution in [1.82, 2.24) is 20.5 Å². The van der Waals surface area contributed by atoms with E-state index in [4.69, 9.17) is 0 Å². The van der Waals surface area contributed by atoms with Crippen LogP contribution in [0.1, 0.15) is 49.7 Å². The first-order valence-corrected chi connectivity index (χ1v) is 10.6. The molecule has 10 heteroatoms. The van der Waals surface area contributed by atoms with E-state index in [9.17, 15) is 18.0 Å². The van der Waals surface area contributed by atoms with E-state index in [0.29, 0.717) is 50.0 Å². The summed E-state index contributed by atoms with van der Waals surface area (Å²) < 4.78 is 37.7. The third-order valence-corrected chi connectivity index (χ3v) is 5.25. The minimum absolute atomic E-state index is 0.230. The molecule has 0 saturated carbocycles. The van der Waals surface area contributed by atoms with Crippen LogP contribution in [-0.2, 0) is 17.4 Å². The van der Waals surface area contributed by atoms with Gasteiger partial charge in [0.25, 0.3) is 0 Å². The van der Waals surface area contributed by atoms with Gasteiger partial charge in [-0.25, -0.2) is 4.98 Å². The Morgan fingerprint density at radius 3 is 2.86 bits per heavy atom. The van der Waals surface area contributed by atoms with Gasteiger partial charge in [0.05, 0.1) is 5.01 Å². The van der Waals surface area contributed by atoms with Crippen LogP contribution in [0.25, 0.3) is 0 Å². The standard InChI is InChI=1S/C18H28F3N5OS/c1-2-22-17(23-9-6-12-26-11-5-3-4-7-16(26)27)24-10-8-15-25-14(13-28-15)18(19,20)21/h13H,2-12H2,1H3,(H2,22,23,24). The molecule has 158 valence electrons. The number of carbonyl (C=O) groups excluding carboxylic acids is 1.